The molecule has 1 unspecified atom stereocenters. The fourth-order valence-corrected chi connectivity index (χ4v) is 1.80. The standard InChI is InChI=1S/C11H23NO2/c1-10(2,3)14-7-5-11(9-13)4-6-12-8-11/h12-13H,4-9H2,1-3H3. The van der Waals surface area contributed by atoms with Crippen molar-refractivity contribution in [1.82, 2.24) is 5.32 Å². The highest BCUT2D eigenvalue weighted by molar-refractivity contribution is 4.87. The van der Waals surface area contributed by atoms with Crippen LogP contribution in [0.25, 0.3) is 0 Å². The summed E-state index contributed by atoms with van der Waals surface area (Å²) >= 11 is 0. The third kappa shape index (κ3) is 3.56. The van der Waals surface area contributed by atoms with Gasteiger partial charge in [0.05, 0.1) is 12.2 Å². The van der Waals surface area contributed by atoms with E-state index in [0.29, 0.717) is 0 Å². The molecule has 0 bridgehead atoms. The highest BCUT2D eigenvalue weighted by atomic mass is 16.5. The summed E-state index contributed by atoms with van der Waals surface area (Å²) < 4.78 is 5.68. The highest BCUT2D eigenvalue weighted by Gasteiger charge is 2.33. The summed E-state index contributed by atoms with van der Waals surface area (Å²) in [4.78, 5) is 0. The van der Waals surface area contributed by atoms with Crippen molar-refractivity contribution in [2.24, 2.45) is 5.41 Å². The van der Waals surface area contributed by atoms with E-state index in [1.165, 1.54) is 0 Å². The Labute approximate surface area is 86.8 Å². The fraction of sp³-hybridized carbons (Fsp3) is 1.00. The molecule has 0 aliphatic carbocycles. The lowest BCUT2D eigenvalue weighted by Crippen LogP contribution is -2.31. The summed E-state index contributed by atoms with van der Waals surface area (Å²) in [6, 6.07) is 0. The molecular weight excluding hydrogens is 178 g/mol. The van der Waals surface area contributed by atoms with Crippen LogP contribution in [0.15, 0.2) is 0 Å². The number of nitrogens with one attached hydrogen (secondary N) is 1. The van der Waals surface area contributed by atoms with Crippen LogP contribution in [-0.4, -0.2) is 37.0 Å². The smallest absolute Gasteiger partial charge is 0.0598 e. The van der Waals surface area contributed by atoms with Crippen molar-refractivity contribution in [2.75, 3.05) is 26.3 Å². The van der Waals surface area contributed by atoms with Gasteiger partial charge in [-0.25, -0.2) is 0 Å². The van der Waals surface area contributed by atoms with Gasteiger partial charge in [-0.15, -0.1) is 0 Å². The number of hydrogen-bond donors (Lipinski definition) is 2. The normalized spacial score (nSPS) is 28.3. The third-order valence-corrected chi connectivity index (χ3v) is 2.83. The number of ether oxygens (including phenoxy) is 1. The molecule has 1 fully saturated rings. The average molecular weight is 201 g/mol. The van der Waals surface area contributed by atoms with Crippen molar-refractivity contribution in [2.45, 2.75) is 39.2 Å². The number of aliphatic hydroxyl groups excluding tert-OH is 1. The summed E-state index contributed by atoms with van der Waals surface area (Å²) in [5.41, 5.74) is 0.00787. The Kier molecular flexibility index (Phi) is 3.93. The Bertz CT molecular complexity index is 169. The molecule has 1 heterocycles. The first-order valence-electron chi connectivity index (χ1n) is 5.43. The van der Waals surface area contributed by atoms with Crippen LogP contribution in [-0.2, 0) is 4.74 Å². The number of aliphatic hydroxyl groups is 1. The molecule has 0 aromatic rings. The Morgan fingerprint density at radius 1 is 1.43 bits per heavy atom. The van der Waals surface area contributed by atoms with Gasteiger partial charge < -0.3 is 15.2 Å². The summed E-state index contributed by atoms with van der Waals surface area (Å²) in [6.45, 7) is 9.15. The summed E-state index contributed by atoms with van der Waals surface area (Å²) in [6.07, 6.45) is 2.02. The Morgan fingerprint density at radius 2 is 2.14 bits per heavy atom. The second-order valence-corrected chi connectivity index (χ2v) is 5.30. The van der Waals surface area contributed by atoms with Crippen LogP contribution in [0.1, 0.15) is 33.6 Å². The monoisotopic (exact) mass is 201 g/mol. The first-order chi connectivity index (χ1) is 6.47. The first kappa shape index (κ1) is 12.0. The van der Waals surface area contributed by atoms with Gasteiger partial charge in [-0.3, -0.25) is 0 Å². The zero-order chi connectivity index (χ0) is 10.7. The SMILES string of the molecule is CC(C)(C)OCCC1(CO)CCNC1. The van der Waals surface area contributed by atoms with Gasteiger partial charge in [0.15, 0.2) is 0 Å². The molecule has 84 valence electrons. The van der Waals surface area contributed by atoms with E-state index in [-0.39, 0.29) is 17.6 Å². The maximum Gasteiger partial charge on any atom is 0.0598 e. The van der Waals surface area contributed by atoms with Crippen LogP contribution < -0.4 is 5.32 Å². The molecule has 1 aliphatic rings. The predicted molar refractivity (Wildman–Crippen MR) is 57.3 cm³/mol. The second-order valence-electron chi connectivity index (χ2n) is 5.30. The van der Waals surface area contributed by atoms with E-state index in [0.717, 1.165) is 32.5 Å². The Hall–Kier alpha value is -0.120. The topological polar surface area (TPSA) is 41.5 Å². The van der Waals surface area contributed by atoms with Gasteiger partial charge in [-0.1, -0.05) is 0 Å². The van der Waals surface area contributed by atoms with Crippen molar-refractivity contribution in [1.29, 1.82) is 0 Å². The lowest BCUT2D eigenvalue weighted by atomic mass is 9.85. The van der Waals surface area contributed by atoms with Gasteiger partial charge in [-0.05, 0) is 40.2 Å². The molecular formula is C11H23NO2. The zero-order valence-corrected chi connectivity index (χ0v) is 9.60. The lowest BCUT2D eigenvalue weighted by Gasteiger charge is -2.28. The molecule has 1 rings (SSSR count). The molecule has 0 spiro atoms. The molecule has 3 heteroatoms. The van der Waals surface area contributed by atoms with Gasteiger partial charge in [0.1, 0.15) is 0 Å². The van der Waals surface area contributed by atoms with Crippen molar-refractivity contribution in [3.63, 3.8) is 0 Å². The van der Waals surface area contributed by atoms with Crippen LogP contribution in [0.5, 0.6) is 0 Å². The van der Waals surface area contributed by atoms with Crippen LogP contribution in [0, 0.1) is 5.41 Å². The quantitative estimate of drug-likeness (QED) is 0.717. The minimum absolute atomic E-state index is 0.0668. The zero-order valence-electron chi connectivity index (χ0n) is 9.60. The van der Waals surface area contributed by atoms with Gasteiger partial charge in [0.2, 0.25) is 0 Å². The molecule has 2 N–H and O–H groups in total. The van der Waals surface area contributed by atoms with E-state index in [1.54, 1.807) is 0 Å². The van der Waals surface area contributed by atoms with E-state index in [9.17, 15) is 5.11 Å². The lowest BCUT2D eigenvalue weighted by molar-refractivity contribution is -0.0236. The maximum atomic E-state index is 9.35. The molecule has 3 nitrogen and oxygen atoms in total. The number of hydrogen-bond acceptors (Lipinski definition) is 3. The second kappa shape index (κ2) is 4.60. The van der Waals surface area contributed by atoms with Crippen molar-refractivity contribution in [3.05, 3.63) is 0 Å². The summed E-state index contributed by atoms with van der Waals surface area (Å²) in [7, 11) is 0. The van der Waals surface area contributed by atoms with E-state index in [1.807, 2.05) is 0 Å². The van der Waals surface area contributed by atoms with Crippen LogP contribution in [0.3, 0.4) is 0 Å². The van der Waals surface area contributed by atoms with E-state index in [2.05, 4.69) is 26.1 Å². The van der Waals surface area contributed by atoms with E-state index >= 15 is 0 Å². The number of rotatable bonds is 4. The minimum Gasteiger partial charge on any atom is -0.396 e. The van der Waals surface area contributed by atoms with Gasteiger partial charge in [0.25, 0.3) is 0 Å². The van der Waals surface area contributed by atoms with Crippen LogP contribution in [0.2, 0.25) is 0 Å². The molecule has 0 radical (unpaired) electrons. The van der Waals surface area contributed by atoms with Gasteiger partial charge in [0, 0.05) is 18.6 Å². The summed E-state index contributed by atoms with van der Waals surface area (Å²) in [5.74, 6) is 0. The van der Waals surface area contributed by atoms with Crippen molar-refractivity contribution >= 4 is 0 Å². The highest BCUT2D eigenvalue weighted by Crippen LogP contribution is 2.29. The molecule has 14 heavy (non-hydrogen) atoms. The van der Waals surface area contributed by atoms with Crippen LogP contribution in [0.4, 0.5) is 0 Å². The van der Waals surface area contributed by atoms with E-state index < -0.39 is 0 Å². The molecule has 0 aromatic heterocycles. The molecule has 0 saturated carbocycles. The molecule has 1 saturated heterocycles. The largest absolute Gasteiger partial charge is 0.396 e. The van der Waals surface area contributed by atoms with Gasteiger partial charge >= 0.3 is 0 Å². The Balaban J connectivity index is 2.28. The third-order valence-electron chi connectivity index (χ3n) is 2.83. The molecule has 0 aromatic carbocycles. The fourth-order valence-electron chi connectivity index (χ4n) is 1.80. The predicted octanol–water partition coefficient (Wildman–Crippen LogP) is 1.16. The summed E-state index contributed by atoms with van der Waals surface area (Å²) in [5, 5.41) is 12.6. The molecule has 1 aliphatic heterocycles. The maximum absolute atomic E-state index is 9.35. The van der Waals surface area contributed by atoms with Crippen molar-refractivity contribution in [3.8, 4) is 0 Å². The molecule has 0 amide bonds. The van der Waals surface area contributed by atoms with Crippen molar-refractivity contribution < 1.29 is 9.84 Å². The first-order valence-corrected chi connectivity index (χ1v) is 5.43. The average Bonchev–Trinajstić information content (AvgIpc) is 2.52. The molecule has 1 atom stereocenters. The van der Waals surface area contributed by atoms with E-state index in [4.69, 9.17) is 4.74 Å². The van der Waals surface area contributed by atoms with Crippen LogP contribution >= 0.6 is 0 Å². The van der Waals surface area contributed by atoms with Gasteiger partial charge in [-0.2, -0.15) is 0 Å². The Morgan fingerprint density at radius 3 is 2.57 bits per heavy atom. The minimum atomic E-state index is -0.0668.